The zero-order valence-electron chi connectivity index (χ0n) is 18.3. The van der Waals surface area contributed by atoms with Gasteiger partial charge in [-0.05, 0) is 59.1 Å². The van der Waals surface area contributed by atoms with Gasteiger partial charge in [0.1, 0.15) is 12.4 Å². The van der Waals surface area contributed by atoms with Crippen molar-refractivity contribution in [3.05, 3.63) is 18.2 Å². The molecule has 0 aromatic heterocycles. The number of rotatable bonds is 7. The van der Waals surface area contributed by atoms with Crippen LogP contribution in [-0.2, 0) is 18.8 Å². The first-order chi connectivity index (χ1) is 13.4. The number of hydrogen-bond donors (Lipinski definition) is 2. The minimum atomic E-state index is -0.548. The fourth-order valence-electron chi connectivity index (χ4n) is 2.65. The van der Waals surface area contributed by atoms with Crippen molar-refractivity contribution in [2.75, 3.05) is 18.5 Å². The van der Waals surface area contributed by atoms with E-state index in [1.165, 1.54) is 6.92 Å². The van der Waals surface area contributed by atoms with Gasteiger partial charge in [0.25, 0.3) is 0 Å². The monoisotopic (exact) mass is 406 g/mol. The van der Waals surface area contributed by atoms with E-state index in [0.717, 1.165) is 5.46 Å². The number of anilines is 1. The molecule has 8 nitrogen and oxygen atoms in total. The van der Waals surface area contributed by atoms with Crippen molar-refractivity contribution in [2.24, 2.45) is 0 Å². The van der Waals surface area contributed by atoms with Crippen LogP contribution in [0.1, 0.15) is 48.5 Å². The summed E-state index contributed by atoms with van der Waals surface area (Å²) in [4.78, 5) is 23.1. The number of carbonyl (C=O) groups excluding carboxylic acids is 2. The van der Waals surface area contributed by atoms with Crippen LogP contribution in [0.4, 0.5) is 10.5 Å². The molecular weight excluding hydrogens is 375 g/mol. The van der Waals surface area contributed by atoms with Crippen LogP contribution in [0.15, 0.2) is 18.2 Å². The van der Waals surface area contributed by atoms with Crippen molar-refractivity contribution >= 4 is 30.3 Å². The quantitative estimate of drug-likeness (QED) is 0.534. The summed E-state index contributed by atoms with van der Waals surface area (Å²) in [6.07, 6.45) is -0.699. The number of carbonyl (C=O) groups is 2. The highest BCUT2D eigenvalue weighted by Gasteiger charge is 2.51. The second-order valence-corrected chi connectivity index (χ2v) is 8.25. The summed E-state index contributed by atoms with van der Waals surface area (Å²) in [6.45, 7) is 13.4. The molecule has 9 heteroatoms. The highest BCUT2D eigenvalue weighted by Crippen LogP contribution is 2.37. The Kier molecular flexibility index (Phi) is 7.18. The van der Waals surface area contributed by atoms with Crippen LogP contribution in [0, 0.1) is 0 Å². The van der Waals surface area contributed by atoms with E-state index in [9.17, 15) is 9.59 Å². The molecule has 160 valence electrons. The largest absolute Gasteiger partial charge is 0.494 e. The van der Waals surface area contributed by atoms with Gasteiger partial charge in [-0.25, -0.2) is 4.79 Å². The van der Waals surface area contributed by atoms with Gasteiger partial charge in [-0.3, -0.25) is 4.79 Å². The van der Waals surface area contributed by atoms with Crippen molar-refractivity contribution in [1.29, 1.82) is 0 Å². The fraction of sp³-hybridized carbons (Fsp3) is 0.600. The molecule has 1 fully saturated rings. The Morgan fingerprint density at radius 3 is 2.31 bits per heavy atom. The third-order valence-corrected chi connectivity index (χ3v) is 4.81. The van der Waals surface area contributed by atoms with Crippen molar-refractivity contribution in [1.82, 2.24) is 5.32 Å². The van der Waals surface area contributed by atoms with Gasteiger partial charge >= 0.3 is 13.2 Å². The van der Waals surface area contributed by atoms with Gasteiger partial charge in [0.15, 0.2) is 0 Å². The minimum absolute atomic E-state index is 0.195. The molecule has 0 atom stereocenters. The third-order valence-electron chi connectivity index (χ3n) is 4.81. The molecule has 1 aromatic carbocycles. The molecule has 29 heavy (non-hydrogen) atoms. The van der Waals surface area contributed by atoms with Crippen molar-refractivity contribution in [3.8, 4) is 5.75 Å². The smallest absolute Gasteiger partial charge is 0.490 e. The Morgan fingerprint density at radius 2 is 1.76 bits per heavy atom. The van der Waals surface area contributed by atoms with E-state index in [0.29, 0.717) is 11.4 Å². The summed E-state index contributed by atoms with van der Waals surface area (Å²) in [7, 11) is -0.548. The summed E-state index contributed by atoms with van der Waals surface area (Å²) in [5, 5.41) is 5.35. The van der Waals surface area contributed by atoms with E-state index in [4.69, 9.17) is 18.8 Å². The van der Waals surface area contributed by atoms with E-state index in [-0.39, 0.29) is 25.2 Å². The lowest BCUT2D eigenvalue weighted by atomic mass is 9.79. The first-order valence-corrected chi connectivity index (χ1v) is 9.76. The molecule has 2 rings (SSSR count). The van der Waals surface area contributed by atoms with Crippen molar-refractivity contribution in [2.45, 2.75) is 65.8 Å². The fourth-order valence-corrected chi connectivity index (χ4v) is 2.65. The first kappa shape index (κ1) is 23.0. The number of amides is 2. The van der Waals surface area contributed by atoms with Crippen LogP contribution in [-0.4, -0.2) is 49.6 Å². The molecule has 1 heterocycles. The second-order valence-electron chi connectivity index (χ2n) is 8.25. The van der Waals surface area contributed by atoms with Crippen molar-refractivity contribution in [3.63, 3.8) is 0 Å². The van der Waals surface area contributed by atoms with Crippen LogP contribution in [0.3, 0.4) is 0 Å². The Balaban J connectivity index is 2.09. The van der Waals surface area contributed by atoms with E-state index in [2.05, 4.69) is 10.6 Å². The maximum absolute atomic E-state index is 11.5. The Morgan fingerprint density at radius 1 is 1.14 bits per heavy atom. The van der Waals surface area contributed by atoms with E-state index in [1.807, 2.05) is 33.8 Å². The molecular formula is C20H31BN2O6. The van der Waals surface area contributed by atoms with Crippen LogP contribution in [0.2, 0.25) is 0 Å². The predicted octanol–water partition coefficient (Wildman–Crippen LogP) is 2.46. The Bertz CT molecular complexity index is 734. The average Bonchev–Trinajstić information content (AvgIpc) is 2.79. The zero-order chi connectivity index (χ0) is 21.8. The molecule has 0 unspecified atom stereocenters. The van der Waals surface area contributed by atoms with Gasteiger partial charge in [-0.1, -0.05) is 6.07 Å². The van der Waals surface area contributed by atoms with E-state index < -0.39 is 24.4 Å². The number of alkyl carbamates (subject to hydrolysis) is 1. The maximum atomic E-state index is 11.5. The van der Waals surface area contributed by atoms with Gasteiger partial charge in [-0.15, -0.1) is 0 Å². The summed E-state index contributed by atoms with van der Waals surface area (Å²) in [5.41, 5.74) is 0.383. The lowest BCUT2D eigenvalue weighted by Gasteiger charge is -2.32. The van der Waals surface area contributed by atoms with Crippen LogP contribution in [0.5, 0.6) is 5.75 Å². The minimum Gasteiger partial charge on any atom is -0.490 e. The van der Waals surface area contributed by atoms with Gasteiger partial charge < -0.3 is 29.4 Å². The molecule has 0 radical (unpaired) electrons. The predicted molar refractivity (Wildman–Crippen MR) is 112 cm³/mol. The van der Waals surface area contributed by atoms with Gasteiger partial charge in [0.05, 0.1) is 29.5 Å². The number of benzene rings is 1. The van der Waals surface area contributed by atoms with Crippen molar-refractivity contribution < 1.29 is 28.4 Å². The lowest BCUT2D eigenvalue weighted by molar-refractivity contribution is -0.114. The SMILES string of the molecule is CC(=O)Nc1ccc(B2OC(C)(C)C(C)(C)O2)cc1OCCNC(=O)OC(C)C. The molecule has 1 aromatic rings. The topological polar surface area (TPSA) is 95.1 Å². The third kappa shape index (κ3) is 6.11. The Hall–Kier alpha value is -2.26. The maximum Gasteiger partial charge on any atom is 0.494 e. The molecule has 1 aliphatic rings. The first-order valence-electron chi connectivity index (χ1n) is 9.76. The summed E-state index contributed by atoms with van der Waals surface area (Å²) < 4.78 is 23.0. The number of ether oxygens (including phenoxy) is 2. The summed E-state index contributed by atoms with van der Waals surface area (Å²) in [6, 6.07) is 5.36. The summed E-state index contributed by atoms with van der Waals surface area (Å²) in [5.74, 6) is 0.253. The molecule has 1 aliphatic heterocycles. The Labute approximate surface area is 172 Å². The van der Waals surface area contributed by atoms with Crippen LogP contribution in [0.25, 0.3) is 0 Å². The number of nitrogens with one attached hydrogen (secondary N) is 2. The lowest BCUT2D eigenvalue weighted by Crippen LogP contribution is -2.41. The molecule has 0 bridgehead atoms. The van der Waals surface area contributed by atoms with Crippen LogP contribution >= 0.6 is 0 Å². The second kappa shape index (κ2) is 9.05. The standard InChI is InChI=1S/C20H31BN2O6/c1-13(2)27-18(25)22-10-11-26-17-12-15(8-9-16(17)23-14(3)24)21-28-19(4,5)20(6,7)29-21/h8-9,12-13H,10-11H2,1-7H3,(H,22,25)(H,23,24). The summed E-state index contributed by atoms with van der Waals surface area (Å²) >= 11 is 0. The molecule has 0 saturated carbocycles. The highest BCUT2D eigenvalue weighted by atomic mass is 16.7. The van der Waals surface area contributed by atoms with Gasteiger partial charge in [0.2, 0.25) is 5.91 Å². The highest BCUT2D eigenvalue weighted by molar-refractivity contribution is 6.62. The molecule has 2 N–H and O–H groups in total. The normalized spacial score (nSPS) is 17.2. The average molecular weight is 406 g/mol. The van der Waals surface area contributed by atoms with Gasteiger partial charge in [0, 0.05) is 6.92 Å². The molecule has 2 amide bonds. The van der Waals surface area contributed by atoms with Gasteiger partial charge in [-0.2, -0.15) is 0 Å². The van der Waals surface area contributed by atoms with E-state index >= 15 is 0 Å². The van der Waals surface area contributed by atoms with Crippen LogP contribution < -0.4 is 20.8 Å². The zero-order valence-corrected chi connectivity index (χ0v) is 18.3. The number of hydrogen-bond acceptors (Lipinski definition) is 6. The molecule has 1 saturated heterocycles. The molecule has 0 aliphatic carbocycles. The molecule has 0 spiro atoms. The van der Waals surface area contributed by atoms with E-state index in [1.54, 1.807) is 26.0 Å².